The van der Waals surface area contributed by atoms with E-state index in [4.69, 9.17) is 10.5 Å². The lowest BCUT2D eigenvalue weighted by Gasteiger charge is -2.06. The van der Waals surface area contributed by atoms with Gasteiger partial charge in [0.15, 0.2) is 0 Å². The van der Waals surface area contributed by atoms with Gasteiger partial charge in [0.25, 0.3) is 0 Å². The summed E-state index contributed by atoms with van der Waals surface area (Å²) in [6.45, 7) is 0.979. The molecule has 0 saturated carbocycles. The summed E-state index contributed by atoms with van der Waals surface area (Å²) in [7, 11) is 0. The summed E-state index contributed by atoms with van der Waals surface area (Å²) >= 11 is 3.38. The Bertz CT molecular complexity index is 468. The van der Waals surface area contributed by atoms with E-state index < -0.39 is 0 Å². The third-order valence-corrected chi connectivity index (χ3v) is 2.84. The van der Waals surface area contributed by atoms with E-state index in [1.54, 1.807) is 6.20 Å². The molecule has 0 saturated heterocycles. The molecule has 0 bridgehead atoms. The van der Waals surface area contributed by atoms with Crippen molar-refractivity contribution in [1.29, 1.82) is 0 Å². The Morgan fingerprint density at radius 1 is 1.12 bits per heavy atom. The highest BCUT2D eigenvalue weighted by molar-refractivity contribution is 9.10. The summed E-state index contributed by atoms with van der Waals surface area (Å²) in [6, 6.07) is 11.6. The number of ether oxygens (including phenoxy) is 1. The first-order chi connectivity index (χ1) is 8.28. The largest absolute Gasteiger partial charge is 0.489 e. The highest BCUT2D eigenvalue weighted by atomic mass is 79.9. The van der Waals surface area contributed by atoms with Gasteiger partial charge >= 0.3 is 0 Å². The topological polar surface area (TPSA) is 48.1 Å². The lowest BCUT2D eigenvalue weighted by molar-refractivity contribution is 0.305. The summed E-state index contributed by atoms with van der Waals surface area (Å²) < 4.78 is 6.67. The number of benzene rings is 1. The highest BCUT2D eigenvalue weighted by Crippen LogP contribution is 2.17. The van der Waals surface area contributed by atoms with Crippen LogP contribution in [0.25, 0.3) is 0 Å². The summed E-state index contributed by atoms with van der Waals surface area (Å²) in [5.41, 5.74) is 7.40. The van der Waals surface area contributed by atoms with Crippen LogP contribution in [0.5, 0.6) is 5.75 Å². The fourth-order valence-corrected chi connectivity index (χ4v) is 1.62. The van der Waals surface area contributed by atoms with Crippen molar-refractivity contribution < 1.29 is 4.74 Å². The van der Waals surface area contributed by atoms with Gasteiger partial charge in [-0.05, 0) is 30.3 Å². The average molecular weight is 293 g/mol. The van der Waals surface area contributed by atoms with Crippen molar-refractivity contribution in [2.24, 2.45) is 5.73 Å². The normalized spacial score (nSPS) is 10.2. The Morgan fingerprint density at radius 3 is 2.47 bits per heavy atom. The number of halogens is 1. The van der Waals surface area contributed by atoms with Crippen LogP contribution in [-0.2, 0) is 13.2 Å². The fourth-order valence-electron chi connectivity index (χ4n) is 1.36. The van der Waals surface area contributed by atoms with Crippen molar-refractivity contribution in [3.8, 4) is 5.75 Å². The van der Waals surface area contributed by atoms with Gasteiger partial charge in [-0.25, -0.2) is 0 Å². The SMILES string of the molecule is NCc1ccc(COc2ccc(Br)cc2)cn1. The molecule has 0 unspecified atom stereocenters. The van der Waals surface area contributed by atoms with Crippen LogP contribution in [0.1, 0.15) is 11.3 Å². The minimum Gasteiger partial charge on any atom is -0.489 e. The zero-order valence-electron chi connectivity index (χ0n) is 9.27. The van der Waals surface area contributed by atoms with Crippen LogP contribution in [0.3, 0.4) is 0 Å². The van der Waals surface area contributed by atoms with Crippen LogP contribution >= 0.6 is 15.9 Å². The second kappa shape index (κ2) is 5.80. The van der Waals surface area contributed by atoms with Crippen molar-refractivity contribution in [3.63, 3.8) is 0 Å². The minimum absolute atomic E-state index is 0.466. The first-order valence-electron chi connectivity index (χ1n) is 5.30. The number of nitrogens with zero attached hydrogens (tertiary/aromatic N) is 1. The molecule has 0 aliphatic heterocycles. The number of nitrogens with two attached hydrogens (primary N) is 1. The zero-order valence-corrected chi connectivity index (χ0v) is 10.9. The van der Waals surface area contributed by atoms with E-state index in [2.05, 4.69) is 20.9 Å². The predicted molar refractivity (Wildman–Crippen MR) is 70.6 cm³/mol. The van der Waals surface area contributed by atoms with E-state index in [-0.39, 0.29) is 0 Å². The second-order valence-electron chi connectivity index (χ2n) is 3.60. The van der Waals surface area contributed by atoms with E-state index in [1.807, 2.05) is 36.4 Å². The number of hydrogen-bond donors (Lipinski definition) is 1. The molecular formula is C13H13BrN2O. The van der Waals surface area contributed by atoms with E-state index >= 15 is 0 Å². The van der Waals surface area contributed by atoms with Crippen molar-refractivity contribution in [2.75, 3.05) is 0 Å². The number of rotatable bonds is 4. The van der Waals surface area contributed by atoms with Gasteiger partial charge in [0.2, 0.25) is 0 Å². The summed E-state index contributed by atoms with van der Waals surface area (Å²) in [6.07, 6.45) is 1.79. The first-order valence-corrected chi connectivity index (χ1v) is 6.09. The molecule has 3 nitrogen and oxygen atoms in total. The first kappa shape index (κ1) is 12.1. The predicted octanol–water partition coefficient (Wildman–Crippen LogP) is 2.88. The molecule has 2 aromatic rings. The molecular weight excluding hydrogens is 280 g/mol. The van der Waals surface area contributed by atoms with Crippen LogP contribution in [-0.4, -0.2) is 4.98 Å². The third-order valence-electron chi connectivity index (χ3n) is 2.31. The van der Waals surface area contributed by atoms with Crippen LogP contribution < -0.4 is 10.5 Å². The minimum atomic E-state index is 0.466. The number of pyridine rings is 1. The molecule has 0 amide bonds. The summed E-state index contributed by atoms with van der Waals surface area (Å²) in [4.78, 5) is 4.21. The number of hydrogen-bond acceptors (Lipinski definition) is 3. The molecule has 4 heteroatoms. The van der Waals surface area contributed by atoms with Gasteiger partial charge in [-0.15, -0.1) is 0 Å². The second-order valence-corrected chi connectivity index (χ2v) is 4.52. The maximum absolute atomic E-state index is 5.63. The summed E-state index contributed by atoms with van der Waals surface area (Å²) in [5.74, 6) is 0.844. The molecule has 0 atom stereocenters. The zero-order chi connectivity index (χ0) is 12.1. The molecule has 0 aliphatic rings. The Morgan fingerprint density at radius 2 is 1.88 bits per heavy atom. The van der Waals surface area contributed by atoms with Gasteiger partial charge in [0, 0.05) is 22.8 Å². The fraction of sp³-hybridized carbons (Fsp3) is 0.154. The van der Waals surface area contributed by atoms with E-state index in [0.717, 1.165) is 21.5 Å². The van der Waals surface area contributed by atoms with Crippen LogP contribution in [0.4, 0.5) is 0 Å². The third kappa shape index (κ3) is 3.54. The van der Waals surface area contributed by atoms with Crippen LogP contribution in [0, 0.1) is 0 Å². The van der Waals surface area contributed by atoms with Gasteiger partial charge in [-0.3, -0.25) is 4.98 Å². The van der Waals surface area contributed by atoms with Gasteiger partial charge < -0.3 is 10.5 Å². The lowest BCUT2D eigenvalue weighted by atomic mass is 10.2. The van der Waals surface area contributed by atoms with Crippen molar-refractivity contribution in [1.82, 2.24) is 4.98 Å². The Hall–Kier alpha value is -1.39. The standard InChI is InChI=1S/C13H13BrN2O/c14-11-2-5-13(6-3-11)17-9-10-1-4-12(7-15)16-8-10/h1-6,8H,7,9,15H2. The highest BCUT2D eigenvalue weighted by Gasteiger charge is 1.97. The Labute approximate surface area is 109 Å². The monoisotopic (exact) mass is 292 g/mol. The Balaban J connectivity index is 1.95. The van der Waals surface area contributed by atoms with Gasteiger partial charge in [0.1, 0.15) is 12.4 Å². The molecule has 2 rings (SSSR count). The van der Waals surface area contributed by atoms with Crippen LogP contribution in [0.2, 0.25) is 0 Å². The van der Waals surface area contributed by atoms with Gasteiger partial charge in [-0.2, -0.15) is 0 Å². The molecule has 0 fully saturated rings. The molecule has 17 heavy (non-hydrogen) atoms. The van der Waals surface area contributed by atoms with E-state index in [0.29, 0.717) is 13.2 Å². The van der Waals surface area contributed by atoms with E-state index in [1.165, 1.54) is 0 Å². The molecule has 1 aromatic carbocycles. The molecule has 0 aliphatic carbocycles. The molecule has 2 N–H and O–H groups in total. The average Bonchev–Trinajstić information content (AvgIpc) is 2.39. The molecule has 1 aromatic heterocycles. The lowest BCUT2D eigenvalue weighted by Crippen LogP contribution is -2.01. The molecule has 0 spiro atoms. The van der Waals surface area contributed by atoms with E-state index in [9.17, 15) is 0 Å². The van der Waals surface area contributed by atoms with Crippen molar-refractivity contribution in [2.45, 2.75) is 13.2 Å². The number of aromatic nitrogens is 1. The maximum atomic E-state index is 5.63. The summed E-state index contributed by atoms with van der Waals surface area (Å²) in [5, 5.41) is 0. The maximum Gasteiger partial charge on any atom is 0.119 e. The molecule has 0 radical (unpaired) electrons. The molecule has 1 heterocycles. The van der Waals surface area contributed by atoms with Crippen LogP contribution in [0.15, 0.2) is 47.1 Å². The van der Waals surface area contributed by atoms with Gasteiger partial charge in [0.05, 0.1) is 5.69 Å². The van der Waals surface area contributed by atoms with Crippen molar-refractivity contribution >= 4 is 15.9 Å². The van der Waals surface area contributed by atoms with Crippen molar-refractivity contribution in [3.05, 3.63) is 58.3 Å². The quantitative estimate of drug-likeness (QED) is 0.943. The molecule has 88 valence electrons. The Kier molecular flexibility index (Phi) is 4.12. The van der Waals surface area contributed by atoms with Gasteiger partial charge in [-0.1, -0.05) is 22.0 Å². The smallest absolute Gasteiger partial charge is 0.119 e.